The minimum absolute atomic E-state index is 0.124. The van der Waals surface area contributed by atoms with E-state index in [1.54, 1.807) is 18.7 Å². The number of non-ortho nitro benzene ring substituents is 1. The summed E-state index contributed by atoms with van der Waals surface area (Å²) in [5.41, 5.74) is 0.583. The van der Waals surface area contributed by atoms with Gasteiger partial charge in [-0.15, -0.1) is 11.3 Å². The Morgan fingerprint density at radius 1 is 1.23 bits per heavy atom. The highest BCUT2D eigenvalue weighted by atomic mass is 32.1. The zero-order chi connectivity index (χ0) is 22.5. The van der Waals surface area contributed by atoms with Crippen molar-refractivity contribution in [3.63, 3.8) is 0 Å². The van der Waals surface area contributed by atoms with Crippen LogP contribution in [-0.2, 0) is 9.47 Å². The largest absolute Gasteiger partial charge is 0.462 e. The molecule has 1 fully saturated rings. The second-order valence-corrected chi connectivity index (χ2v) is 7.66. The topological polar surface area (TPSA) is 128 Å². The lowest BCUT2D eigenvalue weighted by atomic mass is 10.1. The van der Waals surface area contributed by atoms with Gasteiger partial charge >= 0.3 is 5.97 Å². The summed E-state index contributed by atoms with van der Waals surface area (Å²) in [6.07, 6.45) is 0. The van der Waals surface area contributed by atoms with Gasteiger partial charge in [-0.05, 0) is 31.5 Å². The molecule has 2 heterocycles. The summed E-state index contributed by atoms with van der Waals surface area (Å²) >= 11 is 1.00. The Kier molecular flexibility index (Phi) is 6.98. The van der Waals surface area contributed by atoms with Crippen LogP contribution in [0.25, 0.3) is 0 Å². The van der Waals surface area contributed by atoms with Gasteiger partial charge in [-0.25, -0.2) is 4.79 Å². The van der Waals surface area contributed by atoms with Crippen LogP contribution in [0.1, 0.15) is 42.9 Å². The number of nitrogens with zero attached hydrogens (tertiary/aromatic N) is 2. The van der Waals surface area contributed by atoms with Crippen molar-refractivity contribution in [2.45, 2.75) is 13.8 Å². The zero-order valence-electron chi connectivity index (χ0n) is 17.0. The summed E-state index contributed by atoms with van der Waals surface area (Å²) < 4.78 is 10.4. The van der Waals surface area contributed by atoms with Crippen molar-refractivity contribution in [2.24, 2.45) is 0 Å². The number of nitrogens with one attached hydrogen (secondary N) is 1. The number of ether oxygens (including phenoxy) is 2. The van der Waals surface area contributed by atoms with Crippen molar-refractivity contribution in [2.75, 3.05) is 38.2 Å². The van der Waals surface area contributed by atoms with Crippen LogP contribution in [0.2, 0.25) is 0 Å². The Bertz CT molecular complexity index is 1010. The normalized spacial score (nSPS) is 13.5. The minimum atomic E-state index is -0.642. The van der Waals surface area contributed by atoms with Crippen molar-refractivity contribution >= 4 is 39.8 Å². The number of rotatable bonds is 6. The fourth-order valence-electron chi connectivity index (χ4n) is 3.07. The highest BCUT2D eigenvalue weighted by Gasteiger charge is 2.29. The third kappa shape index (κ3) is 4.89. The average molecular weight is 447 g/mol. The van der Waals surface area contributed by atoms with Gasteiger partial charge in [0.25, 0.3) is 17.5 Å². The molecule has 0 unspecified atom stereocenters. The molecular formula is C20H21N3O7S. The molecule has 31 heavy (non-hydrogen) atoms. The molecule has 3 rings (SSSR count). The molecule has 0 aliphatic carbocycles. The second-order valence-electron chi connectivity index (χ2n) is 6.64. The first-order valence-electron chi connectivity index (χ1n) is 9.56. The summed E-state index contributed by atoms with van der Waals surface area (Å²) in [5.74, 6) is -1.45. The smallest absolute Gasteiger partial charge is 0.341 e. The van der Waals surface area contributed by atoms with Crippen LogP contribution in [-0.4, -0.2) is 60.5 Å². The number of morpholine rings is 1. The molecule has 1 aromatic carbocycles. The van der Waals surface area contributed by atoms with Crippen molar-refractivity contribution in [3.05, 3.63) is 55.9 Å². The van der Waals surface area contributed by atoms with E-state index in [9.17, 15) is 24.5 Å². The molecule has 1 N–H and O–H groups in total. The van der Waals surface area contributed by atoms with Crippen molar-refractivity contribution in [3.8, 4) is 0 Å². The Labute approximate surface area is 181 Å². The van der Waals surface area contributed by atoms with E-state index in [1.807, 2.05) is 0 Å². The highest BCUT2D eigenvalue weighted by Crippen LogP contribution is 2.35. The first-order chi connectivity index (χ1) is 14.8. The van der Waals surface area contributed by atoms with E-state index in [2.05, 4.69) is 5.32 Å². The van der Waals surface area contributed by atoms with E-state index in [0.717, 1.165) is 11.3 Å². The lowest BCUT2D eigenvalue weighted by Gasteiger charge is -2.26. The summed E-state index contributed by atoms with van der Waals surface area (Å²) in [5, 5.41) is 13.6. The van der Waals surface area contributed by atoms with E-state index in [4.69, 9.17) is 9.47 Å². The van der Waals surface area contributed by atoms with Crippen molar-refractivity contribution < 1.29 is 28.8 Å². The minimum Gasteiger partial charge on any atom is -0.462 e. The highest BCUT2D eigenvalue weighted by molar-refractivity contribution is 7.18. The lowest BCUT2D eigenvalue weighted by molar-refractivity contribution is -0.384. The van der Waals surface area contributed by atoms with Gasteiger partial charge in [-0.3, -0.25) is 19.7 Å². The van der Waals surface area contributed by atoms with Gasteiger partial charge in [-0.2, -0.15) is 0 Å². The van der Waals surface area contributed by atoms with Gasteiger partial charge in [0.15, 0.2) is 0 Å². The molecule has 0 atom stereocenters. The van der Waals surface area contributed by atoms with E-state index in [0.29, 0.717) is 36.7 Å². The maximum Gasteiger partial charge on any atom is 0.341 e. The van der Waals surface area contributed by atoms with Gasteiger partial charge in [0.05, 0.1) is 35.2 Å². The lowest BCUT2D eigenvalue weighted by Crippen LogP contribution is -2.40. The molecule has 11 heteroatoms. The van der Waals surface area contributed by atoms with Gasteiger partial charge in [0.1, 0.15) is 5.00 Å². The molecule has 0 radical (unpaired) electrons. The fraction of sp³-hybridized carbons (Fsp3) is 0.350. The van der Waals surface area contributed by atoms with Crippen molar-refractivity contribution in [1.29, 1.82) is 0 Å². The number of esters is 1. The predicted molar refractivity (Wildman–Crippen MR) is 113 cm³/mol. The number of hydrogen-bond donors (Lipinski definition) is 1. The van der Waals surface area contributed by atoms with E-state index in [-0.39, 0.29) is 34.3 Å². The van der Waals surface area contributed by atoms with E-state index >= 15 is 0 Å². The molecule has 0 spiro atoms. The molecule has 0 saturated carbocycles. The maximum absolute atomic E-state index is 13.0. The number of hydrogen-bond acceptors (Lipinski definition) is 8. The number of nitro groups is 1. The molecule has 0 bridgehead atoms. The molecule has 1 saturated heterocycles. The number of amides is 2. The molecule has 1 aromatic heterocycles. The third-order valence-electron chi connectivity index (χ3n) is 4.69. The van der Waals surface area contributed by atoms with Crippen LogP contribution in [0.5, 0.6) is 0 Å². The van der Waals surface area contributed by atoms with Gasteiger partial charge < -0.3 is 19.7 Å². The quantitative estimate of drug-likeness (QED) is 0.410. The first kappa shape index (κ1) is 22.4. The van der Waals surface area contributed by atoms with Gasteiger partial charge in [-0.1, -0.05) is 0 Å². The number of carbonyl (C=O) groups excluding carboxylic acids is 3. The number of benzene rings is 1. The zero-order valence-corrected chi connectivity index (χ0v) is 17.8. The van der Waals surface area contributed by atoms with Gasteiger partial charge in [0.2, 0.25) is 0 Å². The molecular weight excluding hydrogens is 426 g/mol. The Morgan fingerprint density at radius 3 is 2.45 bits per heavy atom. The Balaban J connectivity index is 1.91. The number of thiophene rings is 1. The molecule has 2 aromatic rings. The van der Waals surface area contributed by atoms with Crippen LogP contribution in [0.15, 0.2) is 24.3 Å². The monoisotopic (exact) mass is 447 g/mol. The number of carbonyl (C=O) groups is 3. The molecule has 164 valence electrons. The molecule has 10 nitrogen and oxygen atoms in total. The van der Waals surface area contributed by atoms with Crippen LogP contribution in [0, 0.1) is 17.0 Å². The summed E-state index contributed by atoms with van der Waals surface area (Å²) in [6.45, 7) is 5.18. The third-order valence-corrected chi connectivity index (χ3v) is 5.88. The molecule has 1 aliphatic rings. The summed E-state index contributed by atoms with van der Waals surface area (Å²) in [4.78, 5) is 50.4. The van der Waals surface area contributed by atoms with Crippen LogP contribution < -0.4 is 5.32 Å². The van der Waals surface area contributed by atoms with E-state index in [1.165, 1.54) is 24.3 Å². The fourth-order valence-corrected chi connectivity index (χ4v) is 4.23. The summed E-state index contributed by atoms with van der Waals surface area (Å²) in [6, 6.07) is 5.07. The van der Waals surface area contributed by atoms with Crippen LogP contribution in [0.4, 0.5) is 10.7 Å². The van der Waals surface area contributed by atoms with Gasteiger partial charge in [0, 0.05) is 30.8 Å². The number of nitro benzene ring substituents is 1. The molecule has 2 amide bonds. The average Bonchev–Trinajstić information content (AvgIpc) is 3.09. The standard InChI is InChI=1S/C20H21N3O7S/c1-3-30-20(26)15-12(2)16(19(25)22-8-10-29-11-9-22)31-18(15)21-17(24)13-4-6-14(7-5-13)23(27)28/h4-7H,3,8-11H2,1-2H3,(H,21,24). The predicted octanol–water partition coefficient (Wildman–Crippen LogP) is 2.87. The van der Waals surface area contributed by atoms with Crippen LogP contribution >= 0.6 is 11.3 Å². The Morgan fingerprint density at radius 2 is 1.87 bits per heavy atom. The summed E-state index contributed by atoms with van der Waals surface area (Å²) in [7, 11) is 0. The SMILES string of the molecule is CCOC(=O)c1c(NC(=O)c2ccc([N+](=O)[O-])cc2)sc(C(=O)N2CCOCC2)c1C. The van der Waals surface area contributed by atoms with Crippen LogP contribution in [0.3, 0.4) is 0 Å². The second kappa shape index (κ2) is 9.67. The molecule has 1 aliphatic heterocycles. The van der Waals surface area contributed by atoms with Crippen molar-refractivity contribution in [1.82, 2.24) is 4.90 Å². The Hall–Kier alpha value is -3.31. The maximum atomic E-state index is 13.0. The first-order valence-corrected chi connectivity index (χ1v) is 10.4. The number of anilines is 1. The van der Waals surface area contributed by atoms with E-state index < -0.39 is 16.8 Å².